The van der Waals surface area contributed by atoms with Crippen LogP contribution < -0.4 is 5.69 Å². The Bertz CT molecular complexity index is 320. The summed E-state index contributed by atoms with van der Waals surface area (Å²) in [6.45, 7) is 0.882. The van der Waals surface area contributed by atoms with Crippen LogP contribution in [0.3, 0.4) is 0 Å². The fraction of sp³-hybridized carbons (Fsp3) is 0.727. The molecule has 1 fully saturated rings. The van der Waals surface area contributed by atoms with Crippen molar-refractivity contribution in [3.8, 4) is 0 Å². The van der Waals surface area contributed by atoms with E-state index in [1.165, 1.54) is 32.1 Å². The van der Waals surface area contributed by atoms with Crippen LogP contribution in [0.25, 0.3) is 0 Å². The van der Waals surface area contributed by atoms with E-state index in [2.05, 4.69) is 4.98 Å². The zero-order valence-corrected chi connectivity index (χ0v) is 8.54. The first kappa shape index (κ1) is 9.56. The Morgan fingerprint density at radius 1 is 1.36 bits per heavy atom. The van der Waals surface area contributed by atoms with Crippen molar-refractivity contribution in [1.82, 2.24) is 9.55 Å². The summed E-state index contributed by atoms with van der Waals surface area (Å²) in [5.74, 6) is 0.852. The van der Waals surface area contributed by atoms with Crippen LogP contribution >= 0.6 is 0 Å². The second kappa shape index (κ2) is 4.49. The van der Waals surface area contributed by atoms with E-state index in [1.54, 1.807) is 10.8 Å². The Balaban J connectivity index is 1.82. The number of hydrogen-bond acceptors (Lipinski definition) is 1. The predicted molar refractivity (Wildman–Crippen MR) is 56.2 cm³/mol. The molecule has 78 valence electrons. The summed E-state index contributed by atoms with van der Waals surface area (Å²) < 4.78 is 1.77. The Labute approximate surface area is 84.1 Å². The lowest BCUT2D eigenvalue weighted by Gasteiger charge is -2.21. The van der Waals surface area contributed by atoms with Gasteiger partial charge in [0.25, 0.3) is 0 Å². The van der Waals surface area contributed by atoms with Crippen molar-refractivity contribution in [1.29, 1.82) is 0 Å². The van der Waals surface area contributed by atoms with Gasteiger partial charge in [0, 0.05) is 18.9 Å². The first-order valence-corrected chi connectivity index (χ1v) is 5.60. The zero-order valence-electron chi connectivity index (χ0n) is 8.54. The van der Waals surface area contributed by atoms with Crippen LogP contribution in [0.4, 0.5) is 0 Å². The topological polar surface area (TPSA) is 37.8 Å². The molecule has 1 aromatic heterocycles. The Hall–Kier alpha value is -0.990. The van der Waals surface area contributed by atoms with E-state index in [4.69, 9.17) is 0 Å². The third kappa shape index (κ3) is 2.28. The molecule has 2 rings (SSSR count). The highest BCUT2D eigenvalue weighted by atomic mass is 16.1. The van der Waals surface area contributed by atoms with Crippen LogP contribution in [-0.2, 0) is 6.54 Å². The molecule has 0 aromatic carbocycles. The predicted octanol–water partition coefficient (Wildman–Crippen LogP) is 2.15. The van der Waals surface area contributed by atoms with E-state index in [-0.39, 0.29) is 5.69 Å². The largest absolute Gasteiger partial charge is 0.325 e. The number of nitrogens with zero attached hydrogens (tertiary/aromatic N) is 1. The molecule has 3 nitrogen and oxygen atoms in total. The molecule has 0 saturated heterocycles. The molecule has 1 heterocycles. The molecule has 1 aromatic rings. The third-order valence-electron chi connectivity index (χ3n) is 3.23. The number of hydrogen-bond donors (Lipinski definition) is 1. The molecule has 3 heteroatoms. The quantitative estimate of drug-likeness (QED) is 0.786. The minimum atomic E-state index is 0.0285. The van der Waals surface area contributed by atoms with Gasteiger partial charge in [-0.1, -0.05) is 32.1 Å². The van der Waals surface area contributed by atoms with Crippen molar-refractivity contribution in [3.05, 3.63) is 22.9 Å². The number of nitrogens with one attached hydrogen (secondary N) is 1. The monoisotopic (exact) mass is 194 g/mol. The van der Waals surface area contributed by atoms with Crippen LogP contribution in [0.5, 0.6) is 0 Å². The molecular weight excluding hydrogens is 176 g/mol. The van der Waals surface area contributed by atoms with Crippen molar-refractivity contribution in [3.63, 3.8) is 0 Å². The number of aromatic amines is 1. The van der Waals surface area contributed by atoms with Gasteiger partial charge in [-0.15, -0.1) is 0 Å². The van der Waals surface area contributed by atoms with E-state index in [0.717, 1.165) is 18.9 Å². The number of imidazole rings is 1. The van der Waals surface area contributed by atoms with E-state index in [0.29, 0.717) is 0 Å². The third-order valence-corrected chi connectivity index (χ3v) is 3.23. The summed E-state index contributed by atoms with van der Waals surface area (Å²) in [5, 5.41) is 0. The Morgan fingerprint density at radius 3 is 2.79 bits per heavy atom. The maximum atomic E-state index is 11.2. The molecule has 14 heavy (non-hydrogen) atoms. The maximum Gasteiger partial charge on any atom is 0.325 e. The molecule has 1 aliphatic rings. The molecule has 0 radical (unpaired) electrons. The molecule has 0 bridgehead atoms. The molecule has 0 amide bonds. The number of aryl methyl sites for hydroxylation is 1. The van der Waals surface area contributed by atoms with Gasteiger partial charge in [-0.25, -0.2) is 4.79 Å². The molecule has 1 saturated carbocycles. The summed E-state index contributed by atoms with van der Waals surface area (Å²) in [6, 6.07) is 0. The number of aromatic nitrogens is 2. The van der Waals surface area contributed by atoms with E-state index in [9.17, 15) is 4.79 Å². The lowest BCUT2D eigenvalue weighted by Crippen LogP contribution is -2.18. The normalized spacial score (nSPS) is 18.6. The Kier molecular flexibility index (Phi) is 3.07. The molecular formula is C11H18N2O. The van der Waals surface area contributed by atoms with Crippen molar-refractivity contribution in [2.24, 2.45) is 5.92 Å². The first-order valence-electron chi connectivity index (χ1n) is 5.60. The van der Waals surface area contributed by atoms with Gasteiger partial charge in [0.15, 0.2) is 0 Å². The van der Waals surface area contributed by atoms with Gasteiger partial charge in [-0.3, -0.25) is 4.57 Å². The summed E-state index contributed by atoms with van der Waals surface area (Å²) >= 11 is 0. The lowest BCUT2D eigenvalue weighted by molar-refractivity contribution is 0.323. The minimum Gasteiger partial charge on any atom is -0.313 e. The van der Waals surface area contributed by atoms with Crippen LogP contribution in [0.15, 0.2) is 17.2 Å². The van der Waals surface area contributed by atoms with Crippen LogP contribution in [-0.4, -0.2) is 9.55 Å². The number of rotatable bonds is 3. The first-order chi connectivity index (χ1) is 6.86. The van der Waals surface area contributed by atoms with Crippen LogP contribution in [0, 0.1) is 5.92 Å². The second-order valence-electron chi connectivity index (χ2n) is 4.25. The highest BCUT2D eigenvalue weighted by Crippen LogP contribution is 2.26. The SMILES string of the molecule is O=c1[nH]ccn1CCC1CCCCC1. The van der Waals surface area contributed by atoms with Crippen LogP contribution in [0.1, 0.15) is 38.5 Å². The highest BCUT2D eigenvalue weighted by Gasteiger charge is 2.13. The van der Waals surface area contributed by atoms with E-state index >= 15 is 0 Å². The molecule has 0 aliphatic heterocycles. The number of H-pyrrole nitrogens is 1. The summed E-state index contributed by atoms with van der Waals surface area (Å²) in [4.78, 5) is 13.9. The van der Waals surface area contributed by atoms with E-state index < -0.39 is 0 Å². The molecule has 0 atom stereocenters. The van der Waals surface area contributed by atoms with Gasteiger partial charge < -0.3 is 4.98 Å². The van der Waals surface area contributed by atoms with Crippen molar-refractivity contribution in [2.45, 2.75) is 45.1 Å². The fourth-order valence-corrected chi connectivity index (χ4v) is 2.32. The lowest BCUT2D eigenvalue weighted by atomic mass is 9.87. The standard InChI is InChI=1S/C11H18N2O/c14-11-12-7-9-13(11)8-6-10-4-2-1-3-5-10/h7,9-10H,1-6,8H2,(H,12,14). The smallest absolute Gasteiger partial charge is 0.313 e. The average Bonchev–Trinajstić information content (AvgIpc) is 2.63. The minimum absolute atomic E-state index is 0.0285. The zero-order chi connectivity index (χ0) is 9.80. The fourth-order valence-electron chi connectivity index (χ4n) is 2.32. The van der Waals surface area contributed by atoms with E-state index in [1.807, 2.05) is 6.20 Å². The van der Waals surface area contributed by atoms with Gasteiger partial charge in [0.2, 0.25) is 0 Å². The summed E-state index contributed by atoms with van der Waals surface area (Å²) in [6.07, 6.45) is 11.6. The van der Waals surface area contributed by atoms with Crippen LogP contribution in [0.2, 0.25) is 0 Å². The molecule has 1 aliphatic carbocycles. The summed E-state index contributed by atoms with van der Waals surface area (Å²) in [5.41, 5.74) is 0.0285. The Morgan fingerprint density at radius 2 is 2.14 bits per heavy atom. The van der Waals surface area contributed by atoms with Gasteiger partial charge >= 0.3 is 5.69 Å². The average molecular weight is 194 g/mol. The van der Waals surface area contributed by atoms with Gasteiger partial charge in [0.05, 0.1) is 0 Å². The van der Waals surface area contributed by atoms with Crippen molar-refractivity contribution in [2.75, 3.05) is 0 Å². The molecule has 0 unspecified atom stereocenters. The van der Waals surface area contributed by atoms with Gasteiger partial charge in [-0.2, -0.15) is 0 Å². The molecule has 1 N–H and O–H groups in total. The molecule has 0 spiro atoms. The van der Waals surface area contributed by atoms with Gasteiger partial charge in [-0.05, 0) is 12.3 Å². The second-order valence-corrected chi connectivity index (χ2v) is 4.25. The maximum absolute atomic E-state index is 11.2. The van der Waals surface area contributed by atoms with Crippen molar-refractivity contribution < 1.29 is 0 Å². The summed E-state index contributed by atoms with van der Waals surface area (Å²) in [7, 11) is 0. The highest BCUT2D eigenvalue weighted by molar-refractivity contribution is 4.76. The van der Waals surface area contributed by atoms with Gasteiger partial charge in [0.1, 0.15) is 0 Å². The van der Waals surface area contributed by atoms with Crippen molar-refractivity contribution >= 4 is 0 Å².